The molecule has 3 heterocycles. The molecule has 5 rings (SSSR count). The van der Waals surface area contributed by atoms with E-state index in [1.807, 2.05) is 0 Å². The second-order valence-corrected chi connectivity index (χ2v) is 9.14. The summed E-state index contributed by atoms with van der Waals surface area (Å²) in [4.78, 5) is 28.8. The lowest BCUT2D eigenvalue weighted by molar-refractivity contribution is -0.161. The molecule has 2 aromatic carbocycles. The van der Waals surface area contributed by atoms with Gasteiger partial charge in [0, 0.05) is 31.1 Å². The van der Waals surface area contributed by atoms with E-state index in [-0.39, 0.29) is 30.1 Å². The van der Waals surface area contributed by atoms with E-state index >= 15 is 0 Å². The number of alkyl halides is 4. The van der Waals surface area contributed by atoms with Crippen LogP contribution in [-0.4, -0.2) is 50.3 Å². The molecule has 0 saturated carbocycles. The third-order valence-corrected chi connectivity index (χ3v) is 6.66. The first-order valence-corrected chi connectivity index (χ1v) is 11.5. The molecule has 1 aromatic heterocycles. The minimum Gasteiger partial charge on any atom is -0.415 e. The molecule has 37 heavy (non-hydrogen) atoms. The zero-order valence-corrected chi connectivity index (χ0v) is 19.5. The van der Waals surface area contributed by atoms with Gasteiger partial charge in [-0.05, 0) is 48.2 Å². The molecule has 2 aliphatic heterocycles. The highest BCUT2D eigenvalue weighted by Crippen LogP contribution is 2.40. The number of aromatic nitrogens is 2. The Labute approximate surface area is 207 Å². The highest BCUT2D eigenvalue weighted by Gasteiger charge is 2.47. The number of piperidine rings is 1. The Bertz CT molecular complexity index is 1340. The van der Waals surface area contributed by atoms with Crippen molar-refractivity contribution in [3.63, 3.8) is 0 Å². The third-order valence-electron chi connectivity index (χ3n) is 6.66. The summed E-state index contributed by atoms with van der Waals surface area (Å²) < 4.78 is 72.5. The highest BCUT2D eigenvalue weighted by molar-refractivity contribution is 5.99. The van der Waals surface area contributed by atoms with Gasteiger partial charge in [-0.3, -0.25) is 9.59 Å². The van der Waals surface area contributed by atoms with Crippen LogP contribution in [0.1, 0.15) is 59.6 Å². The van der Waals surface area contributed by atoms with E-state index in [4.69, 9.17) is 4.42 Å². The fraction of sp³-hybridized carbons (Fsp3) is 0.360. The zero-order chi connectivity index (χ0) is 26.5. The van der Waals surface area contributed by atoms with Gasteiger partial charge in [0.05, 0.1) is 12.1 Å². The standard InChI is InChI=1S/C25H21F5N4O3/c1-25(29,30)24(36)33-10-2-3-18(19(33)13-6-8-16(26)9-7-13)34-12-15-5-4-14(11-17(15)23(34)35)21-31-32-22(37-21)20(27)28/h4-9,11,18-20H,2-3,10,12H2,1H3/t18-,19+/m0/s1. The number of carbonyl (C=O) groups excluding carboxylic acids is 2. The van der Waals surface area contributed by atoms with E-state index in [0.29, 0.717) is 30.9 Å². The van der Waals surface area contributed by atoms with Crippen molar-refractivity contribution in [2.24, 2.45) is 0 Å². The Morgan fingerprint density at radius 2 is 1.86 bits per heavy atom. The Hall–Kier alpha value is -3.83. The molecule has 1 fully saturated rings. The topological polar surface area (TPSA) is 79.5 Å². The molecule has 2 aliphatic rings. The van der Waals surface area contributed by atoms with Gasteiger partial charge >= 0.3 is 12.3 Å². The fourth-order valence-electron chi connectivity index (χ4n) is 5.01. The van der Waals surface area contributed by atoms with E-state index in [1.54, 1.807) is 12.1 Å². The van der Waals surface area contributed by atoms with Gasteiger partial charge in [-0.15, -0.1) is 10.2 Å². The summed E-state index contributed by atoms with van der Waals surface area (Å²) in [6, 6.07) is 8.27. The predicted molar refractivity (Wildman–Crippen MR) is 119 cm³/mol. The number of fused-ring (bicyclic) bond motifs is 1. The maximum Gasteiger partial charge on any atom is 0.322 e. The number of rotatable bonds is 5. The van der Waals surface area contributed by atoms with Gasteiger partial charge in [0.2, 0.25) is 5.89 Å². The molecule has 194 valence electrons. The van der Waals surface area contributed by atoms with Gasteiger partial charge in [-0.1, -0.05) is 18.2 Å². The van der Waals surface area contributed by atoms with Crippen LogP contribution in [0, 0.1) is 5.82 Å². The van der Waals surface area contributed by atoms with Crippen molar-refractivity contribution >= 4 is 11.8 Å². The van der Waals surface area contributed by atoms with E-state index in [9.17, 15) is 31.5 Å². The number of nitrogens with zero attached hydrogens (tertiary/aromatic N) is 4. The average molecular weight is 520 g/mol. The van der Waals surface area contributed by atoms with Gasteiger partial charge < -0.3 is 14.2 Å². The molecule has 3 aromatic rings. The lowest BCUT2D eigenvalue weighted by atomic mass is 9.88. The molecule has 0 unspecified atom stereocenters. The van der Waals surface area contributed by atoms with E-state index in [2.05, 4.69) is 10.2 Å². The quantitative estimate of drug-likeness (QED) is 0.435. The molecular weight excluding hydrogens is 499 g/mol. The molecule has 7 nitrogen and oxygen atoms in total. The van der Waals surface area contributed by atoms with Crippen LogP contribution in [0.3, 0.4) is 0 Å². The van der Waals surface area contributed by atoms with E-state index in [0.717, 1.165) is 4.90 Å². The van der Waals surface area contributed by atoms with Crippen molar-refractivity contribution in [1.29, 1.82) is 0 Å². The molecule has 1 saturated heterocycles. The lowest BCUT2D eigenvalue weighted by Crippen LogP contribution is -2.55. The van der Waals surface area contributed by atoms with Crippen LogP contribution < -0.4 is 0 Å². The second kappa shape index (κ2) is 9.24. The van der Waals surface area contributed by atoms with Gasteiger partial charge in [0.15, 0.2) is 0 Å². The van der Waals surface area contributed by atoms with Crippen LogP contribution in [0.25, 0.3) is 11.5 Å². The van der Waals surface area contributed by atoms with Crippen molar-refractivity contribution in [2.75, 3.05) is 6.54 Å². The second-order valence-electron chi connectivity index (χ2n) is 9.14. The Morgan fingerprint density at radius 3 is 2.51 bits per heavy atom. The van der Waals surface area contributed by atoms with Gasteiger partial charge in [0.1, 0.15) is 5.82 Å². The molecule has 12 heteroatoms. The minimum atomic E-state index is -3.63. The summed E-state index contributed by atoms with van der Waals surface area (Å²) in [6.45, 7) is 0.729. The van der Waals surface area contributed by atoms with Crippen LogP contribution in [-0.2, 0) is 11.3 Å². The van der Waals surface area contributed by atoms with Crippen molar-refractivity contribution in [1.82, 2.24) is 20.0 Å². The molecule has 2 atom stereocenters. The maximum absolute atomic E-state index is 14.1. The van der Waals surface area contributed by atoms with E-state index in [1.165, 1.54) is 35.2 Å². The predicted octanol–water partition coefficient (Wildman–Crippen LogP) is 5.16. The number of hydrogen-bond acceptors (Lipinski definition) is 5. The summed E-state index contributed by atoms with van der Waals surface area (Å²) in [6.07, 6.45) is -2.13. The first-order chi connectivity index (χ1) is 17.5. The van der Waals surface area contributed by atoms with Crippen LogP contribution in [0.2, 0.25) is 0 Å². The summed E-state index contributed by atoms with van der Waals surface area (Å²) in [5.41, 5.74) is 1.61. The van der Waals surface area contributed by atoms with Crippen LogP contribution in [0.5, 0.6) is 0 Å². The molecule has 0 spiro atoms. The van der Waals surface area contributed by atoms with Crippen molar-refractivity contribution in [2.45, 2.75) is 50.7 Å². The molecule has 0 bridgehead atoms. The monoisotopic (exact) mass is 520 g/mol. The third kappa shape index (κ3) is 4.56. The van der Waals surface area contributed by atoms with Crippen molar-refractivity contribution in [3.05, 3.63) is 70.9 Å². The minimum absolute atomic E-state index is 0.0591. The molecule has 2 amide bonds. The number of halogens is 5. The first kappa shape index (κ1) is 24.8. The average Bonchev–Trinajstić information content (AvgIpc) is 3.48. The zero-order valence-electron chi connectivity index (χ0n) is 19.5. The molecular formula is C25H21F5N4O3. The summed E-state index contributed by atoms with van der Waals surface area (Å²) in [5, 5.41) is 6.91. The van der Waals surface area contributed by atoms with E-state index < -0.39 is 48.0 Å². The fourth-order valence-corrected chi connectivity index (χ4v) is 5.01. The number of hydrogen-bond donors (Lipinski definition) is 0. The number of benzene rings is 2. The summed E-state index contributed by atoms with van der Waals surface area (Å²) in [7, 11) is 0. The normalized spacial score (nSPS) is 20.0. The lowest BCUT2D eigenvalue weighted by Gasteiger charge is -2.45. The molecule has 0 aliphatic carbocycles. The Morgan fingerprint density at radius 1 is 1.14 bits per heavy atom. The van der Waals surface area contributed by atoms with Crippen molar-refractivity contribution in [3.8, 4) is 11.5 Å². The number of likely N-dealkylation sites (tertiary alicyclic amines) is 1. The van der Waals surface area contributed by atoms with Crippen molar-refractivity contribution < 1.29 is 36.0 Å². The van der Waals surface area contributed by atoms with Gasteiger partial charge in [-0.2, -0.15) is 17.6 Å². The Kier molecular flexibility index (Phi) is 6.20. The SMILES string of the molecule is CC(F)(F)C(=O)N1CCC[C@H](N2Cc3ccc(-c4nnc(C(F)F)o4)cc3C2=O)[C@H]1c1ccc(F)cc1. The smallest absolute Gasteiger partial charge is 0.322 e. The van der Waals surface area contributed by atoms with Crippen LogP contribution >= 0.6 is 0 Å². The largest absolute Gasteiger partial charge is 0.415 e. The summed E-state index contributed by atoms with van der Waals surface area (Å²) in [5.74, 6) is -6.96. The van der Waals surface area contributed by atoms with Gasteiger partial charge in [-0.25, -0.2) is 4.39 Å². The number of carbonyl (C=O) groups is 2. The van der Waals surface area contributed by atoms with Crippen LogP contribution in [0.4, 0.5) is 22.0 Å². The Balaban J connectivity index is 1.49. The van der Waals surface area contributed by atoms with Crippen LogP contribution in [0.15, 0.2) is 46.9 Å². The maximum atomic E-state index is 14.1. The van der Waals surface area contributed by atoms with Gasteiger partial charge in [0.25, 0.3) is 17.7 Å². The highest BCUT2D eigenvalue weighted by atomic mass is 19.3. The number of amides is 2. The molecule has 0 N–H and O–H groups in total. The summed E-state index contributed by atoms with van der Waals surface area (Å²) >= 11 is 0. The molecule has 0 radical (unpaired) electrons. The first-order valence-electron chi connectivity index (χ1n) is 11.5.